The van der Waals surface area contributed by atoms with Crippen LogP contribution in [0.1, 0.15) is 42.9 Å². The zero-order valence-corrected chi connectivity index (χ0v) is 21.6. The molecule has 0 bridgehead atoms. The van der Waals surface area contributed by atoms with Crippen molar-refractivity contribution in [3.05, 3.63) is 106 Å². The standard InChI is InChI=1S/C29H32Cl2N2O2/c1-2-3-19-32-29(35)27(20-22-11-5-4-6-12-22)33(21-24-14-8-10-16-26(24)31)28(34)18-17-23-13-7-9-15-25(23)30/h4-16,27H,2-3,17-21H2,1H3,(H,32,35)/t27-/m0/s1. The molecule has 0 aliphatic rings. The van der Waals surface area contributed by atoms with E-state index in [4.69, 9.17) is 23.2 Å². The summed E-state index contributed by atoms with van der Waals surface area (Å²) in [4.78, 5) is 28.8. The third-order valence-corrected chi connectivity index (χ3v) is 6.70. The van der Waals surface area contributed by atoms with Gasteiger partial charge in [-0.15, -0.1) is 0 Å². The molecule has 35 heavy (non-hydrogen) atoms. The summed E-state index contributed by atoms with van der Waals surface area (Å²) in [6.07, 6.45) is 3.01. The second-order valence-electron chi connectivity index (χ2n) is 8.55. The van der Waals surface area contributed by atoms with Gasteiger partial charge in [0.1, 0.15) is 6.04 Å². The lowest BCUT2D eigenvalue weighted by molar-refractivity contribution is -0.141. The van der Waals surface area contributed by atoms with Crippen molar-refractivity contribution in [1.29, 1.82) is 0 Å². The molecule has 1 N–H and O–H groups in total. The molecule has 1 atom stereocenters. The molecule has 2 amide bonds. The lowest BCUT2D eigenvalue weighted by Gasteiger charge is -2.32. The van der Waals surface area contributed by atoms with E-state index in [0.717, 1.165) is 29.5 Å². The van der Waals surface area contributed by atoms with Crippen LogP contribution in [0.3, 0.4) is 0 Å². The van der Waals surface area contributed by atoms with Crippen LogP contribution in [-0.4, -0.2) is 29.3 Å². The van der Waals surface area contributed by atoms with Crippen LogP contribution in [0.4, 0.5) is 0 Å². The highest BCUT2D eigenvalue weighted by molar-refractivity contribution is 6.31. The Hall–Kier alpha value is -2.82. The Labute approximate surface area is 218 Å². The molecule has 0 heterocycles. The van der Waals surface area contributed by atoms with Gasteiger partial charge >= 0.3 is 0 Å². The van der Waals surface area contributed by atoms with Crippen molar-refractivity contribution >= 4 is 35.0 Å². The third kappa shape index (κ3) is 8.12. The predicted molar refractivity (Wildman–Crippen MR) is 144 cm³/mol. The summed E-state index contributed by atoms with van der Waals surface area (Å²) < 4.78 is 0. The van der Waals surface area contributed by atoms with Gasteiger partial charge in [0.25, 0.3) is 0 Å². The van der Waals surface area contributed by atoms with Crippen LogP contribution in [0.5, 0.6) is 0 Å². The molecule has 0 fully saturated rings. The summed E-state index contributed by atoms with van der Waals surface area (Å²) >= 11 is 12.8. The van der Waals surface area contributed by atoms with E-state index < -0.39 is 6.04 Å². The molecular weight excluding hydrogens is 479 g/mol. The van der Waals surface area contributed by atoms with Gasteiger partial charge in [-0.2, -0.15) is 0 Å². The van der Waals surface area contributed by atoms with E-state index in [1.165, 1.54) is 0 Å². The molecule has 4 nitrogen and oxygen atoms in total. The molecule has 0 spiro atoms. The Bertz CT molecular complexity index is 1100. The van der Waals surface area contributed by atoms with Crippen molar-refractivity contribution in [3.63, 3.8) is 0 Å². The van der Waals surface area contributed by atoms with Gasteiger partial charge in [0.05, 0.1) is 0 Å². The molecule has 3 rings (SSSR count). The first-order valence-electron chi connectivity index (χ1n) is 12.1. The number of benzene rings is 3. The molecule has 3 aromatic rings. The van der Waals surface area contributed by atoms with Gasteiger partial charge in [0, 0.05) is 36.0 Å². The fraction of sp³-hybridized carbons (Fsp3) is 0.310. The Balaban J connectivity index is 1.90. The zero-order chi connectivity index (χ0) is 25.0. The van der Waals surface area contributed by atoms with Crippen molar-refractivity contribution in [2.75, 3.05) is 6.54 Å². The van der Waals surface area contributed by atoms with E-state index in [1.807, 2.05) is 72.8 Å². The van der Waals surface area contributed by atoms with Crippen molar-refractivity contribution in [2.24, 2.45) is 0 Å². The predicted octanol–water partition coefficient (Wildman–Crippen LogP) is 6.48. The van der Waals surface area contributed by atoms with Gasteiger partial charge in [-0.25, -0.2) is 0 Å². The van der Waals surface area contributed by atoms with Crippen molar-refractivity contribution in [1.82, 2.24) is 10.2 Å². The van der Waals surface area contributed by atoms with Crippen LogP contribution in [0, 0.1) is 0 Å². The number of amides is 2. The van der Waals surface area contributed by atoms with Gasteiger partial charge < -0.3 is 10.2 Å². The Morgan fingerprint density at radius 3 is 2.09 bits per heavy atom. The molecule has 184 valence electrons. The highest BCUT2D eigenvalue weighted by Gasteiger charge is 2.30. The zero-order valence-electron chi connectivity index (χ0n) is 20.1. The highest BCUT2D eigenvalue weighted by Crippen LogP contribution is 2.22. The Kier molecular flexibility index (Phi) is 10.6. The monoisotopic (exact) mass is 510 g/mol. The van der Waals surface area contributed by atoms with E-state index in [-0.39, 0.29) is 24.8 Å². The topological polar surface area (TPSA) is 49.4 Å². The van der Waals surface area contributed by atoms with Gasteiger partial charge in [-0.1, -0.05) is 103 Å². The van der Waals surface area contributed by atoms with Crippen LogP contribution in [0.25, 0.3) is 0 Å². The van der Waals surface area contributed by atoms with Gasteiger partial charge in [0.15, 0.2) is 0 Å². The summed E-state index contributed by atoms with van der Waals surface area (Å²) in [5, 5.41) is 4.24. The first kappa shape index (κ1) is 26.8. The maximum atomic E-state index is 13.7. The van der Waals surface area contributed by atoms with Gasteiger partial charge in [0.2, 0.25) is 11.8 Å². The lowest BCUT2D eigenvalue weighted by atomic mass is 10.0. The second-order valence-corrected chi connectivity index (χ2v) is 9.37. The summed E-state index contributed by atoms with van der Waals surface area (Å²) in [7, 11) is 0. The van der Waals surface area contributed by atoms with Gasteiger partial charge in [-0.3, -0.25) is 9.59 Å². The highest BCUT2D eigenvalue weighted by atomic mass is 35.5. The molecule has 0 saturated carbocycles. The van der Waals surface area contributed by atoms with E-state index in [1.54, 1.807) is 11.0 Å². The maximum absolute atomic E-state index is 13.7. The van der Waals surface area contributed by atoms with E-state index in [0.29, 0.717) is 29.4 Å². The van der Waals surface area contributed by atoms with Crippen LogP contribution < -0.4 is 5.32 Å². The number of nitrogens with zero attached hydrogens (tertiary/aromatic N) is 1. The quantitative estimate of drug-likeness (QED) is 0.283. The number of hydrogen-bond donors (Lipinski definition) is 1. The smallest absolute Gasteiger partial charge is 0.243 e. The fourth-order valence-electron chi connectivity index (χ4n) is 3.96. The van der Waals surface area contributed by atoms with Crippen molar-refractivity contribution < 1.29 is 9.59 Å². The van der Waals surface area contributed by atoms with E-state index in [9.17, 15) is 9.59 Å². The fourth-order valence-corrected chi connectivity index (χ4v) is 4.38. The number of nitrogens with one attached hydrogen (secondary N) is 1. The van der Waals surface area contributed by atoms with Crippen LogP contribution >= 0.6 is 23.2 Å². The average molecular weight is 511 g/mol. The largest absolute Gasteiger partial charge is 0.354 e. The van der Waals surface area contributed by atoms with Crippen molar-refractivity contribution in [2.45, 2.75) is 51.6 Å². The Morgan fingerprint density at radius 1 is 0.857 bits per heavy atom. The minimum absolute atomic E-state index is 0.114. The molecule has 0 unspecified atom stereocenters. The normalized spacial score (nSPS) is 11.6. The maximum Gasteiger partial charge on any atom is 0.243 e. The minimum Gasteiger partial charge on any atom is -0.354 e. The first-order chi connectivity index (χ1) is 17.0. The summed E-state index contributed by atoms with van der Waals surface area (Å²) in [6.45, 7) is 2.91. The van der Waals surface area contributed by atoms with Gasteiger partial charge in [-0.05, 0) is 41.7 Å². The summed E-state index contributed by atoms with van der Waals surface area (Å²) in [5.41, 5.74) is 2.71. The number of hydrogen-bond acceptors (Lipinski definition) is 2. The SMILES string of the molecule is CCCCNC(=O)[C@H](Cc1ccccc1)N(Cc1ccccc1Cl)C(=O)CCc1ccccc1Cl. The molecule has 0 aliphatic carbocycles. The summed E-state index contributed by atoms with van der Waals surface area (Å²) in [6, 6.07) is 24.1. The molecule has 0 saturated heterocycles. The van der Waals surface area contributed by atoms with Crippen molar-refractivity contribution in [3.8, 4) is 0 Å². The van der Waals surface area contributed by atoms with Crippen LogP contribution in [0.2, 0.25) is 10.0 Å². The molecule has 3 aromatic carbocycles. The number of unbranched alkanes of at least 4 members (excludes halogenated alkanes) is 1. The molecule has 6 heteroatoms. The van der Waals surface area contributed by atoms with E-state index in [2.05, 4.69) is 12.2 Å². The van der Waals surface area contributed by atoms with Crippen LogP contribution in [0.15, 0.2) is 78.9 Å². The number of carbonyl (C=O) groups excluding carboxylic acids is 2. The number of halogens is 2. The molecular formula is C29H32Cl2N2O2. The molecule has 0 radical (unpaired) electrons. The summed E-state index contributed by atoms with van der Waals surface area (Å²) in [5.74, 6) is -0.267. The van der Waals surface area contributed by atoms with Crippen LogP contribution in [-0.2, 0) is 29.0 Å². The molecule has 0 aromatic heterocycles. The third-order valence-electron chi connectivity index (χ3n) is 5.97. The molecule has 0 aliphatic heterocycles. The Morgan fingerprint density at radius 2 is 1.46 bits per heavy atom. The lowest BCUT2D eigenvalue weighted by Crippen LogP contribution is -2.50. The number of rotatable bonds is 12. The number of aryl methyl sites for hydroxylation is 1. The number of carbonyl (C=O) groups is 2. The average Bonchev–Trinajstić information content (AvgIpc) is 2.87. The van der Waals surface area contributed by atoms with E-state index >= 15 is 0 Å². The minimum atomic E-state index is -0.663. The first-order valence-corrected chi connectivity index (χ1v) is 12.8. The second kappa shape index (κ2) is 13.9.